The van der Waals surface area contributed by atoms with Crippen molar-refractivity contribution in [2.45, 2.75) is 6.18 Å². The van der Waals surface area contributed by atoms with E-state index in [9.17, 15) is 18.0 Å². The summed E-state index contributed by atoms with van der Waals surface area (Å²) >= 11 is 6.76. The maximum Gasteiger partial charge on any atom is 0.401 e. The highest BCUT2D eigenvalue weighted by Crippen LogP contribution is 2.22. The molecule has 0 aliphatic rings. The molecule has 0 saturated heterocycles. The Morgan fingerprint density at radius 2 is 2.20 bits per heavy atom. The van der Waals surface area contributed by atoms with Crippen LogP contribution in [0.3, 0.4) is 0 Å². The Morgan fingerprint density at radius 3 is 2.67 bits per heavy atom. The van der Waals surface area contributed by atoms with E-state index in [1.165, 1.54) is 6.07 Å². The molecule has 0 spiro atoms. The fourth-order valence-corrected chi connectivity index (χ4v) is 1.99. The van der Waals surface area contributed by atoms with Gasteiger partial charge in [0.05, 0.1) is 23.0 Å². The Bertz CT molecular complexity index is 350. The zero-order chi connectivity index (χ0) is 11.5. The molecule has 1 aromatic rings. The van der Waals surface area contributed by atoms with E-state index >= 15 is 0 Å². The molecule has 0 fully saturated rings. The van der Waals surface area contributed by atoms with Gasteiger partial charge in [-0.2, -0.15) is 13.2 Å². The summed E-state index contributed by atoms with van der Waals surface area (Å²) in [7, 11) is 0. The number of hydrogen-bond donors (Lipinski definition) is 1. The highest BCUT2D eigenvalue weighted by atomic mass is 35.5. The van der Waals surface area contributed by atoms with Gasteiger partial charge >= 0.3 is 6.18 Å². The van der Waals surface area contributed by atoms with Crippen LogP contribution in [-0.4, -0.2) is 25.0 Å². The molecule has 1 heterocycles. The molecule has 0 aliphatic carbocycles. The zero-order valence-electron chi connectivity index (χ0n) is 7.40. The summed E-state index contributed by atoms with van der Waals surface area (Å²) < 4.78 is 35.2. The summed E-state index contributed by atoms with van der Waals surface area (Å²) in [4.78, 5) is 11.6. The molecule has 0 bridgehead atoms. The number of thiophene rings is 1. The second kappa shape index (κ2) is 4.96. The summed E-state index contributed by atoms with van der Waals surface area (Å²) in [5.74, 6) is -0.431. The van der Waals surface area contributed by atoms with Crippen LogP contribution in [0, 0.1) is 0 Å². The first kappa shape index (κ1) is 12.5. The van der Waals surface area contributed by atoms with Crippen molar-refractivity contribution in [2.75, 3.05) is 13.1 Å². The van der Waals surface area contributed by atoms with Gasteiger partial charge in [0.1, 0.15) is 0 Å². The molecule has 1 aromatic heterocycles. The molecular formula is C8H7ClF3NOS. The molecule has 1 rings (SSSR count). The van der Waals surface area contributed by atoms with Crippen LogP contribution in [0.4, 0.5) is 13.2 Å². The highest BCUT2D eigenvalue weighted by Gasteiger charge is 2.26. The Labute approximate surface area is 93.0 Å². The predicted molar refractivity (Wildman–Crippen MR) is 52.6 cm³/mol. The molecule has 0 aliphatic heterocycles. The van der Waals surface area contributed by atoms with Crippen molar-refractivity contribution in [3.8, 4) is 0 Å². The van der Waals surface area contributed by atoms with Crippen molar-refractivity contribution in [3.05, 3.63) is 21.3 Å². The molecule has 7 heteroatoms. The third-order valence-electron chi connectivity index (χ3n) is 1.48. The fourth-order valence-electron chi connectivity index (χ4n) is 0.891. The Kier molecular flexibility index (Phi) is 4.12. The lowest BCUT2D eigenvalue weighted by molar-refractivity contribution is -0.124. The van der Waals surface area contributed by atoms with Gasteiger partial charge in [0.15, 0.2) is 5.78 Å². The lowest BCUT2D eigenvalue weighted by Gasteiger charge is -2.06. The first-order valence-electron chi connectivity index (χ1n) is 3.94. The van der Waals surface area contributed by atoms with Gasteiger partial charge in [-0.05, 0) is 11.4 Å². The standard InChI is InChI=1S/C8H7ClF3NOS/c9-5-1-2-15-7(5)6(14)3-13-4-8(10,11)12/h1-2,13H,3-4H2. The second-order valence-electron chi connectivity index (χ2n) is 2.74. The summed E-state index contributed by atoms with van der Waals surface area (Å²) in [6, 6.07) is 1.53. The number of rotatable bonds is 4. The van der Waals surface area contributed by atoms with E-state index in [0.29, 0.717) is 0 Å². The Hall–Kier alpha value is -0.590. The normalized spacial score (nSPS) is 11.7. The minimum Gasteiger partial charge on any atom is -0.302 e. The first-order valence-corrected chi connectivity index (χ1v) is 5.19. The molecule has 0 radical (unpaired) electrons. The smallest absolute Gasteiger partial charge is 0.302 e. The van der Waals surface area contributed by atoms with Crippen molar-refractivity contribution in [2.24, 2.45) is 0 Å². The number of carbonyl (C=O) groups excluding carboxylic acids is 1. The monoisotopic (exact) mass is 257 g/mol. The van der Waals surface area contributed by atoms with Gasteiger partial charge < -0.3 is 5.32 Å². The third kappa shape index (κ3) is 4.19. The minimum atomic E-state index is -4.31. The van der Waals surface area contributed by atoms with Gasteiger partial charge in [-0.15, -0.1) is 11.3 Å². The van der Waals surface area contributed by atoms with Gasteiger partial charge in [0.25, 0.3) is 0 Å². The molecule has 0 amide bonds. The largest absolute Gasteiger partial charge is 0.401 e. The number of halogens is 4. The van der Waals surface area contributed by atoms with Crippen LogP contribution in [0.25, 0.3) is 0 Å². The Balaban J connectivity index is 2.41. The summed E-state index contributed by atoms with van der Waals surface area (Å²) in [6.45, 7) is -1.54. The van der Waals surface area contributed by atoms with E-state index in [0.717, 1.165) is 11.3 Å². The van der Waals surface area contributed by atoms with E-state index < -0.39 is 18.5 Å². The number of carbonyl (C=O) groups is 1. The van der Waals surface area contributed by atoms with E-state index in [4.69, 9.17) is 11.6 Å². The SMILES string of the molecule is O=C(CNCC(F)(F)F)c1sccc1Cl. The lowest BCUT2D eigenvalue weighted by Crippen LogP contribution is -2.32. The van der Waals surface area contributed by atoms with Crippen LogP contribution in [-0.2, 0) is 0 Å². The summed E-state index contributed by atoms with van der Waals surface area (Å²) in [5, 5.41) is 3.90. The molecule has 0 aromatic carbocycles. The first-order chi connectivity index (χ1) is 6.90. The van der Waals surface area contributed by atoms with Crippen molar-refractivity contribution < 1.29 is 18.0 Å². The number of ketones is 1. The van der Waals surface area contributed by atoms with Crippen LogP contribution in [0.15, 0.2) is 11.4 Å². The van der Waals surface area contributed by atoms with E-state index in [2.05, 4.69) is 0 Å². The van der Waals surface area contributed by atoms with Gasteiger partial charge in [0.2, 0.25) is 0 Å². The molecule has 2 nitrogen and oxygen atoms in total. The average molecular weight is 258 g/mol. The number of nitrogens with one attached hydrogen (secondary N) is 1. The van der Waals surface area contributed by atoms with Crippen LogP contribution < -0.4 is 5.32 Å². The maximum atomic E-state index is 11.7. The van der Waals surface area contributed by atoms with Crippen LogP contribution in [0.5, 0.6) is 0 Å². The molecule has 0 unspecified atom stereocenters. The van der Waals surface area contributed by atoms with Crippen molar-refractivity contribution in [1.82, 2.24) is 5.32 Å². The molecule has 15 heavy (non-hydrogen) atoms. The van der Waals surface area contributed by atoms with Crippen LogP contribution in [0.2, 0.25) is 5.02 Å². The fraction of sp³-hybridized carbons (Fsp3) is 0.375. The van der Waals surface area contributed by atoms with Gasteiger partial charge in [-0.3, -0.25) is 4.79 Å². The quantitative estimate of drug-likeness (QED) is 0.841. The van der Waals surface area contributed by atoms with Gasteiger partial charge in [-0.1, -0.05) is 11.6 Å². The zero-order valence-corrected chi connectivity index (χ0v) is 8.97. The maximum absolute atomic E-state index is 11.7. The second-order valence-corrected chi connectivity index (χ2v) is 4.06. The van der Waals surface area contributed by atoms with Crippen molar-refractivity contribution in [1.29, 1.82) is 0 Å². The number of Topliss-reactive ketones (excluding diaryl/α,β-unsaturated/α-hetero) is 1. The van der Waals surface area contributed by atoms with Crippen LogP contribution in [0.1, 0.15) is 9.67 Å². The molecule has 0 atom stereocenters. The van der Waals surface area contributed by atoms with E-state index in [-0.39, 0.29) is 16.4 Å². The average Bonchev–Trinajstić information content (AvgIpc) is 2.48. The molecule has 0 saturated carbocycles. The molecular weight excluding hydrogens is 251 g/mol. The van der Waals surface area contributed by atoms with Gasteiger partial charge in [-0.25, -0.2) is 0 Å². The van der Waals surface area contributed by atoms with E-state index in [1.807, 2.05) is 5.32 Å². The molecule has 1 N–H and O–H groups in total. The summed E-state index contributed by atoms with van der Waals surface area (Å²) in [5.41, 5.74) is 0. The van der Waals surface area contributed by atoms with Crippen molar-refractivity contribution in [3.63, 3.8) is 0 Å². The van der Waals surface area contributed by atoms with Crippen LogP contribution >= 0.6 is 22.9 Å². The predicted octanol–water partition coefficient (Wildman–Crippen LogP) is 2.74. The van der Waals surface area contributed by atoms with Crippen molar-refractivity contribution >= 4 is 28.7 Å². The highest BCUT2D eigenvalue weighted by molar-refractivity contribution is 7.12. The topological polar surface area (TPSA) is 29.1 Å². The number of alkyl halides is 3. The van der Waals surface area contributed by atoms with Gasteiger partial charge in [0, 0.05) is 0 Å². The minimum absolute atomic E-state index is 0.277. The number of hydrogen-bond acceptors (Lipinski definition) is 3. The lowest BCUT2D eigenvalue weighted by atomic mass is 10.3. The van der Waals surface area contributed by atoms with E-state index in [1.54, 1.807) is 5.38 Å². The molecule has 84 valence electrons. The third-order valence-corrected chi connectivity index (χ3v) is 2.86. The Morgan fingerprint density at radius 1 is 1.53 bits per heavy atom. The summed E-state index contributed by atoms with van der Waals surface area (Å²) in [6.07, 6.45) is -4.31.